The molecule has 5 heteroatoms. The molecule has 0 aromatic heterocycles. The van der Waals surface area contributed by atoms with Gasteiger partial charge in [-0.25, -0.2) is 4.79 Å². The summed E-state index contributed by atoms with van der Waals surface area (Å²) in [7, 11) is 0. The first-order chi connectivity index (χ1) is 15.7. The molecule has 1 aromatic carbocycles. The number of hydrogen-bond donors (Lipinski definition) is 0. The Labute approximate surface area is 196 Å². The van der Waals surface area contributed by atoms with Gasteiger partial charge in [0.1, 0.15) is 18.0 Å². The molecule has 0 aliphatic heterocycles. The fourth-order valence-electron chi connectivity index (χ4n) is 8.15. The SMILES string of the molecule is CC(=O)O[C@H]1CC[C@]2(C)[C@H](CC(=O)[C@H]3[C@H]4CC[C@H](OC(=O)c5ccccc5)[C@@]4(C)CC[C@@H]32)C1. The van der Waals surface area contributed by atoms with Crippen LogP contribution >= 0.6 is 0 Å². The summed E-state index contributed by atoms with van der Waals surface area (Å²) in [5.41, 5.74) is 0.571. The van der Waals surface area contributed by atoms with E-state index in [4.69, 9.17) is 9.47 Å². The van der Waals surface area contributed by atoms with Crippen LogP contribution < -0.4 is 0 Å². The number of rotatable bonds is 3. The van der Waals surface area contributed by atoms with Gasteiger partial charge in [-0.3, -0.25) is 9.59 Å². The molecule has 0 spiro atoms. The van der Waals surface area contributed by atoms with Crippen LogP contribution in [0.3, 0.4) is 0 Å². The zero-order chi connectivity index (χ0) is 23.4. The lowest BCUT2D eigenvalue weighted by molar-refractivity contribution is -0.168. The quantitative estimate of drug-likeness (QED) is 0.577. The maximum absolute atomic E-state index is 13.6. The Morgan fingerprint density at radius 2 is 1.61 bits per heavy atom. The molecule has 4 aliphatic rings. The molecule has 4 saturated carbocycles. The molecular weight excluding hydrogens is 416 g/mol. The van der Waals surface area contributed by atoms with Crippen molar-refractivity contribution in [3.63, 3.8) is 0 Å². The Kier molecular flexibility index (Phi) is 5.65. The van der Waals surface area contributed by atoms with Gasteiger partial charge in [0.2, 0.25) is 0 Å². The summed E-state index contributed by atoms with van der Waals surface area (Å²) in [5, 5.41) is 0. The Hall–Kier alpha value is -2.17. The van der Waals surface area contributed by atoms with Crippen LogP contribution in [0.25, 0.3) is 0 Å². The third kappa shape index (κ3) is 3.72. The Morgan fingerprint density at radius 1 is 0.909 bits per heavy atom. The normalized spacial score (nSPS) is 42.0. The smallest absolute Gasteiger partial charge is 0.338 e. The van der Waals surface area contributed by atoms with Gasteiger partial charge in [-0.2, -0.15) is 0 Å². The maximum Gasteiger partial charge on any atom is 0.338 e. The van der Waals surface area contributed by atoms with Crippen molar-refractivity contribution in [2.75, 3.05) is 0 Å². The van der Waals surface area contributed by atoms with Crippen molar-refractivity contribution in [1.29, 1.82) is 0 Å². The summed E-state index contributed by atoms with van der Waals surface area (Å²) < 4.78 is 11.6. The highest BCUT2D eigenvalue weighted by Gasteiger charge is 2.63. The van der Waals surface area contributed by atoms with Crippen molar-refractivity contribution in [2.45, 2.75) is 84.3 Å². The predicted molar refractivity (Wildman–Crippen MR) is 123 cm³/mol. The molecule has 0 saturated heterocycles. The van der Waals surface area contributed by atoms with Crippen LogP contribution in [0.4, 0.5) is 0 Å². The predicted octanol–water partition coefficient (Wildman–Crippen LogP) is 5.37. The second kappa shape index (κ2) is 8.25. The molecule has 1 aromatic rings. The highest BCUT2D eigenvalue weighted by atomic mass is 16.5. The molecule has 0 radical (unpaired) electrons. The van der Waals surface area contributed by atoms with Crippen LogP contribution in [-0.2, 0) is 19.1 Å². The van der Waals surface area contributed by atoms with E-state index in [1.54, 1.807) is 12.1 Å². The van der Waals surface area contributed by atoms with E-state index in [-0.39, 0.29) is 46.8 Å². The molecule has 33 heavy (non-hydrogen) atoms. The van der Waals surface area contributed by atoms with Crippen molar-refractivity contribution < 1.29 is 23.9 Å². The number of ether oxygens (including phenoxy) is 2. The monoisotopic (exact) mass is 452 g/mol. The third-order valence-corrected chi connectivity index (χ3v) is 9.93. The first kappa shape index (κ1) is 22.6. The van der Waals surface area contributed by atoms with E-state index in [9.17, 15) is 14.4 Å². The Balaban J connectivity index is 1.34. The topological polar surface area (TPSA) is 69.7 Å². The lowest BCUT2D eigenvalue weighted by Crippen LogP contribution is -2.58. The van der Waals surface area contributed by atoms with Crippen molar-refractivity contribution in [1.82, 2.24) is 0 Å². The molecule has 0 amide bonds. The summed E-state index contributed by atoms with van der Waals surface area (Å²) in [6, 6.07) is 9.20. The molecule has 5 nitrogen and oxygen atoms in total. The summed E-state index contributed by atoms with van der Waals surface area (Å²) in [6.07, 6.45) is 6.92. The standard InChI is InChI=1S/C28H36O5/c1-17(29)32-20-11-13-27(2)19(15-20)16-23(30)25-21-9-10-24(28(21,3)14-12-22(25)27)33-26(31)18-7-5-4-6-8-18/h4-8,19-22,24-25H,9-16H2,1-3H3/t19-,20-,21+,22-,24-,25-,27+,28-/m0/s1. The third-order valence-electron chi connectivity index (χ3n) is 9.93. The van der Waals surface area contributed by atoms with E-state index in [1.807, 2.05) is 18.2 Å². The minimum Gasteiger partial charge on any atom is -0.463 e. The molecule has 0 N–H and O–H groups in total. The summed E-state index contributed by atoms with van der Waals surface area (Å²) in [5.74, 6) is 0.925. The van der Waals surface area contributed by atoms with Gasteiger partial charge in [-0.05, 0) is 80.2 Å². The Bertz CT molecular complexity index is 941. The van der Waals surface area contributed by atoms with Gasteiger partial charge in [0.05, 0.1) is 5.56 Å². The molecule has 0 bridgehead atoms. The first-order valence-electron chi connectivity index (χ1n) is 12.7. The fraction of sp³-hybridized carbons (Fsp3) is 0.679. The van der Waals surface area contributed by atoms with Gasteiger partial charge < -0.3 is 9.47 Å². The lowest BCUT2D eigenvalue weighted by Gasteiger charge is -2.59. The van der Waals surface area contributed by atoms with Crippen LogP contribution in [0, 0.1) is 34.5 Å². The van der Waals surface area contributed by atoms with E-state index < -0.39 is 0 Å². The fourth-order valence-corrected chi connectivity index (χ4v) is 8.15. The van der Waals surface area contributed by atoms with Crippen molar-refractivity contribution in [3.8, 4) is 0 Å². The van der Waals surface area contributed by atoms with E-state index >= 15 is 0 Å². The van der Waals surface area contributed by atoms with Crippen molar-refractivity contribution in [2.24, 2.45) is 34.5 Å². The highest BCUT2D eigenvalue weighted by Crippen LogP contribution is 2.65. The van der Waals surface area contributed by atoms with Gasteiger partial charge in [0.25, 0.3) is 0 Å². The summed E-state index contributed by atoms with van der Waals surface area (Å²) in [6.45, 7) is 6.11. The lowest BCUT2D eigenvalue weighted by atomic mass is 9.45. The van der Waals surface area contributed by atoms with Crippen molar-refractivity contribution >= 4 is 17.7 Å². The second-order valence-electron chi connectivity index (χ2n) is 11.5. The number of hydrogen-bond acceptors (Lipinski definition) is 5. The molecule has 4 aliphatic carbocycles. The zero-order valence-corrected chi connectivity index (χ0v) is 20.0. The van der Waals surface area contributed by atoms with Crippen LogP contribution in [0.2, 0.25) is 0 Å². The second-order valence-corrected chi connectivity index (χ2v) is 11.5. The largest absolute Gasteiger partial charge is 0.463 e. The average Bonchev–Trinajstić information content (AvgIpc) is 3.11. The number of benzene rings is 1. The average molecular weight is 453 g/mol. The number of Topliss-reactive ketones (excluding diaryl/α,β-unsaturated/α-hetero) is 1. The first-order valence-corrected chi connectivity index (χ1v) is 12.7. The van der Waals surface area contributed by atoms with Gasteiger partial charge >= 0.3 is 11.9 Å². The van der Waals surface area contributed by atoms with Crippen molar-refractivity contribution in [3.05, 3.63) is 35.9 Å². The summed E-state index contributed by atoms with van der Waals surface area (Å²) >= 11 is 0. The molecule has 8 atom stereocenters. The van der Waals surface area contributed by atoms with Crippen LogP contribution in [0.1, 0.15) is 82.5 Å². The van der Waals surface area contributed by atoms with Crippen LogP contribution in [0.15, 0.2) is 30.3 Å². The van der Waals surface area contributed by atoms with Crippen LogP contribution in [0.5, 0.6) is 0 Å². The van der Waals surface area contributed by atoms with E-state index in [1.165, 1.54) is 6.92 Å². The molecule has 178 valence electrons. The molecule has 5 rings (SSSR count). The van der Waals surface area contributed by atoms with Crippen LogP contribution in [-0.4, -0.2) is 29.9 Å². The minimum atomic E-state index is -0.254. The number of carbonyl (C=O) groups excluding carboxylic acids is 3. The minimum absolute atomic E-state index is 0.0490. The molecule has 0 heterocycles. The van der Waals surface area contributed by atoms with Gasteiger partial charge in [0.15, 0.2) is 0 Å². The van der Waals surface area contributed by atoms with Gasteiger partial charge in [-0.15, -0.1) is 0 Å². The number of carbonyl (C=O) groups is 3. The van der Waals surface area contributed by atoms with Gasteiger partial charge in [0, 0.05) is 24.7 Å². The number of ketones is 1. The van der Waals surface area contributed by atoms with E-state index in [0.717, 1.165) is 44.9 Å². The Morgan fingerprint density at radius 3 is 2.33 bits per heavy atom. The van der Waals surface area contributed by atoms with E-state index in [2.05, 4.69) is 13.8 Å². The molecule has 0 unspecified atom stereocenters. The summed E-state index contributed by atoms with van der Waals surface area (Å²) in [4.78, 5) is 37.8. The van der Waals surface area contributed by atoms with E-state index in [0.29, 0.717) is 29.6 Å². The molecule has 4 fully saturated rings. The number of esters is 2. The highest BCUT2D eigenvalue weighted by molar-refractivity contribution is 5.89. The maximum atomic E-state index is 13.6. The van der Waals surface area contributed by atoms with Gasteiger partial charge in [-0.1, -0.05) is 32.0 Å². The molecular formula is C28H36O5. The number of fused-ring (bicyclic) bond motifs is 5. The zero-order valence-electron chi connectivity index (χ0n) is 20.0.